The van der Waals surface area contributed by atoms with Crippen molar-refractivity contribution in [1.29, 1.82) is 0 Å². The first kappa shape index (κ1) is 17.7. The summed E-state index contributed by atoms with van der Waals surface area (Å²) in [5, 5.41) is 6.20. The number of methoxy groups -OCH3 is 1. The molecule has 2 aromatic rings. The number of aryl methyl sites for hydroxylation is 1. The van der Waals surface area contributed by atoms with Crippen molar-refractivity contribution in [2.24, 2.45) is 0 Å². The molecule has 0 bridgehead atoms. The van der Waals surface area contributed by atoms with Crippen molar-refractivity contribution >= 4 is 23.1 Å². The first-order valence-electron chi connectivity index (χ1n) is 8.54. The standard InChI is InChI=1S/C21H22N2O3/c1-13-11-15(21(25)22-16-5-4-6-17(12-16)26-3)7-8-18(13)23-19-9-10-20(24)14(19)2/h4-8,11-12,23H,9-10H2,1-3H3,(H,22,25). The molecule has 0 aromatic heterocycles. The molecule has 0 spiro atoms. The monoisotopic (exact) mass is 350 g/mol. The minimum absolute atomic E-state index is 0.181. The molecule has 0 fully saturated rings. The van der Waals surface area contributed by atoms with Crippen LogP contribution in [-0.4, -0.2) is 18.8 Å². The third-order valence-electron chi connectivity index (χ3n) is 4.57. The summed E-state index contributed by atoms with van der Waals surface area (Å²) >= 11 is 0. The highest BCUT2D eigenvalue weighted by Gasteiger charge is 2.19. The lowest BCUT2D eigenvalue weighted by atomic mass is 10.1. The Labute approximate surface area is 153 Å². The fourth-order valence-corrected chi connectivity index (χ4v) is 2.95. The van der Waals surface area contributed by atoms with Crippen LogP contribution in [0.25, 0.3) is 0 Å². The molecule has 26 heavy (non-hydrogen) atoms. The lowest BCUT2D eigenvalue weighted by Gasteiger charge is -2.13. The van der Waals surface area contributed by atoms with Gasteiger partial charge in [0.1, 0.15) is 5.75 Å². The smallest absolute Gasteiger partial charge is 0.255 e. The van der Waals surface area contributed by atoms with Crippen LogP contribution in [0.2, 0.25) is 0 Å². The second-order valence-electron chi connectivity index (χ2n) is 6.37. The Hall–Kier alpha value is -3.08. The molecule has 3 rings (SSSR count). The van der Waals surface area contributed by atoms with Crippen LogP contribution in [0.5, 0.6) is 5.75 Å². The van der Waals surface area contributed by atoms with Gasteiger partial charge >= 0.3 is 0 Å². The zero-order valence-electron chi connectivity index (χ0n) is 15.2. The van der Waals surface area contributed by atoms with Gasteiger partial charge in [0.15, 0.2) is 5.78 Å². The Morgan fingerprint density at radius 1 is 1.08 bits per heavy atom. The van der Waals surface area contributed by atoms with Crippen LogP contribution in [0.4, 0.5) is 11.4 Å². The van der Waals surface area contributed by atoms with E-state index in [4.69, 9.17) is 4.74 Å². The highest BCUT2D eigenvalue weighted by atomic mass is 16.5. The topological polar surface area (TPSA) is 67.4 Å². The zero-order valence-corrected chi connectivity index (χ0v) is 15.2. The predicted octanol–water partition coefficient (Wildman–Crippen LogP) is 4.30. The zero-order chi connectivity index (χ0) is 18.7. The van der Waals surface area contributed by atoms with E-state index in [2.05, 4.69) is 10.6 Å². The van der Waals surface area contributed by atoms with Gasteiger partial charge in [0.05, 0.1) is 7.11 Å². The lowest BCUT2D eigenvalue weighted by molar-refractivity contribution is -0.114. The number of Topliss-reactive ketones (excluding diaryl/α,β-unsaturated/α-hetero) is 1. The Balaban J connectivity index is 1.74. The molecule has 5 heteroatoms. The minimum Gasteiger partial charge on any atom is -0.497 e. The fourth-order valence-electron chi connectivity index (χ4n) is 2.95. The molecule has 134 valence electrons. The van der Waals surface area contributed by atoms with Gasteiger partial charge in [-0.05, 0) is 56.2 Å². The molecule has 1 aliphatic rings. The Morgan fingerprint density at radius 3 is 2.54 bits per heavy atom. The Morgan fingerprint density at radius 2 is 1.88 bits per heavy atom. The van der Waals surface area contributed by atoms with Crippen molar-refractivity contribution in [2.75, 3.05) is 17.7 Å². The van der Waals surface area contributed by atoms with E-state index in [0.717, 1.165) is 28.9 Å². The molecule has 0 saturated heterocycles. The summed E-state index contributed by atoms with van der Waals surface area (Å²) < 4.78 is 5.17. The van der Waals surface area contributed by atoms with E-state index >= 15 is 0 Å². The maximum atomic E-state index is 12.5. The van der Waals surface area contributed by atoms with Gasteiger partial charge in [0.25, 0.3) is 5.91 Å². The number of amides is 1. The van der Waals surface area contributed by atoms with Crippen molar-refractivity contribution in [3.8, 4) is 5.75 Å². The number of rotatable bonds is 5. The normalized spacial score (nSPS) is 13.7. The summed E-state index contributed by atoms with van der Waals surface area (Å²) in [6, 6.07) is 12.7. The van der Waals surface area contributed by atoms with Crippen LogP contribution in [-0.2, 0) is 4.79 Å². The van der Waals surface area contributed by atoms with E-state index in [-0.39, 0.29) is 11.7 Å². The van der Waals surface area contributed by atoms with Crippen LogP contribution in [0.3, 0.4) is 0 Å². The quantitative estimate of drug-likeness (QED) is 0.843. The van der Waals surface area contributed by atoms with Crippen LogP contribution < -0.4 is 15.4 Å². The fraction of sp³-hybridized carbons (Fsp3) is 0.238. The van der Waals surface area contributed by atoms with Gasteiger partial charge in [0.2, 0.25) is 0 Å². The summed E-state index contributed by atoms with van der Waals surface area (Å²) in [6.07, 6.45) is 1.30. The van der Waals surface area contributed by atoms with Gasteiger partial charge in [-0.25, -0.2) is 0 Å². The van der Waals surface area contributed by atoms with Crippen LogP contribution >= 0.6 is 0 Å². The summed E-state index contributed by atoms with van der Waals surface area (Å²) in [5.74, 6) is 0.701. The van der Waals surface area contributed by atoms with Crippen molar-refractivity contribution in [3.05, 3.63) is 64.9 Å². The van der Waals surface area contributed by atoms with Crippen LogP contribution in [0.1, 0.15) is 35.7 Å². The van der Waals surface area contributed by atoms with Crippen molar-refractivity contribution < 1.29 is 14.3 Å². The Kier molecular flexibility index (Phi) is 5.07. The summed E-state index contributed by atoms with van der Waals surface area (Å²) in [5.41, 5.74) is 4.87. The van der Waals surface area contributed by atoms with Crippen molar-refractivity contribution in [1.82, 2.24) is 0 Å². The summed E-state index contributed by atoms with van der Waals surface area (Å²) in [7, 11) is 1.59. The molecule has 0 atom stereocenters. The highest BCUT2D eigenvalue weighted by Crippen LogP contribution is 2.27. The molecular weight excluding hydrogens is 328 g/mol. The lowest BCUT2D eigenvalue weighted by Crippen LogP contribution is -2.12. The molecule has 2 aromatic carbocycles. The Bertz CT molecular complexity index is 900. The number of benzene rings is 2. The van der Waals surface area contributed by atoms with Crippen molar-refractivity contribution in [3.63, 3.8) is 0 Å². The highest BCUT2D eigenvalue weighted by molar-refractivity contribution is 6.04. The third-order valence-corrected chi connectivity index (χ3v) is 4.57. The number of carbonyl (C=O) groups excluding carboxylic acids is 2. The average Bonchev–Trinajstić information content (AvgIpc) is 2.95. The van der Waals surface area contributed by atoms with Crippen LogP contribution in [0, 0.1) is 6.92 Å². The number of hydrogen-bond acceptors (Lipinski definition) is 4. The van der Waals surface area contributed by atoms with E-state index in [1.165, 1.54) is 0 Å². The van der Waals surface area contributed by atoms with Gasteiger partial charge in [-0.2, -0.15) is 0 Å². The second-order valence-corrected chi connectivity index (χ2v) is 6.37. The first-order valence-corrected chi connectivity index (χ1v) is 8.54. The third kappa shape index (κ3) is 3.77. The van der Waals surface area contributed by atoms with Crippen LogP contribution in [0.15, 0.2) is 53.7 Å². The molecule has 0 heterocycles. The van der Waals surface area contributed by atoms with Gasteiger partial charge in [-0.15, -0.1) is 0 Å². The number of ketones is 1. The van der Waals surface area contributed by atoms with Gasteiger partial charge in [0, 0.05) is 40.7 Å². The number of allylic oxidation sites excluding steroid dienone is 2. The molecular formula is C21H22N2O3. The number of hydrogen-bond donors (Lipinski definition) is 2. The summed E-state index contributed by atoms with van der Waals surface area (Å²) in [6.45, 7) is 3.79. The maximum Gasteiger partial charge on any atom is 0.255 e. The molecule has 0 saturated carbocycles. The molecule has 0 unspecified atom stereocenters. The molecule has 0 radical (unpaired) electrons. The molecule has 1 amide bonds. The molecule has 2 N–H and O–H groups in total. The average molecular weight is 350 g/mol. The largest absolute Gasteiger partial charge is 0.497 e. The number of anilines is 2. The van der Waals surface area contributed by atoms with E-state index < -0.39 is 0 Å². The SMILES string of the molecule is COc1cccc(NC(=O)c2ccc(NC3=C(C)C(=O)CC3)c(C)c2)c1. The van der Waals surface area contributed by atoms with E-state index in [0.29, 0.717) is 23.4 Å². The minimum atomic E-state index is -0.181. The molecule has 5 nitrogen and oxygen atoms in total. The van der Waals surface area contributed by atoms with Gasteiger partial charge < -0.3 is 15.4 Å². The van der Waals surface area contributed by atoms with E-state index in [1.54, 1.807) is 19.2 Å². The number of nitrogens with one attached hydrogen (secondary N) is 2. The van der Waals surface area contributed by atoms with E-state index in [1.807, 2.05) is 44.2 Å². The predicted molar refractivity (Wildman–Crippen MR) is 103 cm³/mol. The molecule has 0 aliphatic heterocycles. The van der Waals surface area contributed by atoms with Gasteiger partial charge in [-0.3, -0.25) is 9.59 Å². The second kappa shape index (κ2) is 7.44. The number of carbonyl (C=O) groups is 2. The maximum absolute atomic E-state index is 12.5. The first-order chi connectivity index (χ1) is 12.5. The number of ether oxygens (including phenoxy) is 1. The molecule has 1 aliphatic carbocycles. The van der Waals surface area contributed by atoms with Crippen molar-refractivity contribution in [2.45, 2.75) is 26.7 Å². The van der Waals surface area contributed by atoms with E-state index in [9.17, 15) is 9.59 Å². The summed E-state index contributed by atoms with van der Waals surface area (Å²) in [4.78, 5) is 24.2. The van der Waals surface area contributed by atoms with Gasteiger partial charge in [-0.1, -0.05) is 6.07 Å².